The number of nitrogens with zero attached hydrogens (tertiary/aromatic N) is 1. The highest BCUT2D eigenvalue weighted by atomic mass is 32.2. The van der Waals surface area contributed by atoms with E-state index in [0.29, 0.717) is 10.8 Å². The number of fused-ring (bicyclic) bond motifs is 1. The molecule has 0 fully saturated rings. The van der Waals surface area contributed by atoms with Gasteiger partial charge in [-0.05, 0) is 30.3 Å². The average molecular weight is 354 g/mol. The monoisotopic (exact) mass is 354 g/mol. The second kappa shape index (κ2) is 6.92. The van der Waals surface area contributed by atoms with Crippen molar-refractivity contribution in [2.45, 2.75) is 15.8 Å². The summed E-state index contributed by atoms with van der Waals surface area (Å²) >= 11 is 1.55. The van der Waals surface area contributed by atoms with Crippen molar-refractivity contribution in [1.82, 2.24) is 4.98 Å². The van der Waals surface area contributed by atoms with Gasteiger partial charge in [0.1, 0.15) is 0 Å². The smallest absolute Gasteiger partial charge is 0.328 e. The van der Waals surface area contributed by atoms with Gasteiger partial charge in [0.25, 0.3) is 0 Å². The lowest BCUT2D eigenvalue weighted by Gasteiger charge is -2.10. The Kier molecular flexibility index (Phi) is 4.69. The number of carbonyl (C=O) groups excluding carboxylic acids is 1. The molecule has 25 heavy (non-hydrogen) atoms. The molecule has 3 rings (SSSR count). The van der Waals surface area contributed by atoms with Crippen LogP contribution in [0.15, 0.2) is 64.5 Å². The highest BCUT2D eigenvalue weighted by molar-refractivity contribution is 7.99. The van der Waals surface area contributed by atoms with E-state index < -0.39 is 17.8 Å². The maximum Gasteiger partial charge on any atom is 0.328 e. The Morgan fingerprint density at radius 2 is 1.80 bits per heavy atom. The first-order valence-electron chi connectivity index (χ1n) is 7.34. The lowest BCUT2D eigenvalue weighted by atomic mass is 10.1. The van der Waals surface area contributed by atoms with Gasteiger partial charge >= 0.3 is 5.97 Å². The zero-order valence-corrected chi connectivity index (χ0v) is 13.7. The predicted octanol–water partition coefficient (Wildman–Crippen LogP) is 2.69. The van der Waals surface area contributed by atoms with Crippen molar-refractivity contribution in [1.29, 1.82) is 0 Å². The van der Waals surface area contributed by atoms with Crippen LogP contribution in [0, 0.1) is 0 Å². The molecule has 4 N–H and O–H groups in total. The number of benzene rings is 2. The number of pyridine rings is 1. The summed E-state index contributed by atoms with van der Waals surface area (Å²) in [6.45, 7) is 0. The Morgan fingerprint density at radius 3 is 2.48 bits per heavy atom. The Balaban J connectivity index is 1.96. The quantitative estimate of drug-likeness (QED) is 0.477. The molecular formula is C18H14N2O4S. The van der Waals surface area contributed by atoms with Crippen molar-refractivity contribution >= 4 is 34.3 Å². The van der Waals surface area contributed by atoms with Crippen molar-refractivity contribution in [3.05, 3.63) is 60.4 Å². The number of aromatic hydroxyl groups is 1. The van der Waals surface area contributed by atoms with E-state index in [1.54, 1.807) is 17.8 Å². The first kappa shape index (κ1) is 16.9. The van der Waals surface area contributed by atoms with Crippen molar-refractivity contribution in [2.24, 2.45) is 5.73 Å². The summed E-state index contributed by atoms with van der Waals surface area (Å²) in [5.41, 5.74) is 4.97. The van der Waals surface area contributed by atoms with Gasteiger partial charge in [-0.1, -0.05) is 30.0 Å². The van der Waals surface area contributed by atoms with Gasteiger partial charge in [-0.2, -0.15) is 0 Å². The van der Waals surface area contributed by atoms with Gasteiger partial charge in [-0.3, -0.25) is 9.59 Å². The number of carboxylic acid groups (broad SMARTS) is 1. The molecule has 0 aliphatic rings. The van der Waals surface area contributed by atoms with Crippen LogP contribution < -0.4 is 5.73 Å². The molecule has 1 atom stereocenters. The third-order valence-electron chi connectivity index (χ3n) is 3.60. The van der Waals surface area contributed by atoms with Gasteiger partial charge in [0.15, 0.2) is 17.5 Å². The summed E-state index contributed by atoms with van der Waals surface area (Å²) in [7, 11) is 0. The first-order chi connectivity index (χ1) is 12.0. The average Bonchev–Trinajstić information content (AvgIpc) is 2.61. The molecule has 0 saturated carbocycles. The number of rotatable bonds is 5. The summed E-state index contributed by atoms with van der Waals surface area (Å²) in [5, 5.41) is 20.2. The minimum atomic E-state index is -1.76. The maximum atomic E-state index is 12.0. The third-order valence-corrected chi connectivity index (χ3v) is 4.59. The molecular weight excluding hydrogens is 340 g/mol. The molecule has 3 aromatic rings. The number of hydrogen-bond donors (Lipinski definition) is 3. The van der Waals surface area contributed by atoms with Crippen molar-refractivity contribution in [3.63, 3.8) is 0 Å². The van der Waals surface area contributed by atoms with E-state index in [9.17, 15) is 14.7 Å². The van der Waals surface area contributed by atoms with Gasteiger partial charge in [0.05, 0.1) is 0 Å². The molecule has 0 saturated heterocycles. The number of ketones is 1. The molecule has 0 aliphatic carbocycles. The fourth-order valence-corrected chi connectivity index (χ4v) is 3.20. The van der Waals surface area contributed by atoms with Crippen molar-refractivity contribution < 1.29 is 19.8 Å². The minimum Gasteiger partial charge on any atom is -0.505 e. The maximum absolute atomic E-state index is 12.0. The Hall–Kier alpha value is -2.90. The number of nitrogens with two attached hydrogens (primary N) is 1. The van der Waals surface area contributed by atoms with Crippen LogP contribution >= 0.6 is 11.8 Å². The van der Waals surface area contributed by atoms with Crippen LogP contribution in [0.25, 0.3) is 10.8 Å². The number of carboxylic acids is 1. The third kappa shape index (κ3) is 3.47. The van der Waals surface area contributed by atoms with E-state index in [0.717, 1.165) is 9.79 Å². The first-order valence-corrected chi connectivity index (χ1v) is 8.16. The van der Waals surface area contributed by atoms with Crippen molar-refractivity contribution in [2.75, 3.05) is 0 Å². The van der Waals surface area contributed by atoms with Crippen LogP contribution in [0.2, 0.25) is 0 Å². The molecule has 1 unspecified atom stereocenters. The normalized spacial score (nSPS) is 12.0. The van der Waals surface area contributed by atoms with Gasteiger partial charge in [-0.15, -0.1) is 0 Å². The molecule has 1 aromatic heterocycles. The lowest BCUT2D eigenvalue weighted by Crippen LogP contribution is -2.38. The van der Waals surface area contributed by atoms with Crippen molar-refractivity contribution in [3.8, 4) is 5.75 Å². The molecule has 0 aliphatic heterocycles. The van der Waals surface area contributed by atoms with E-state index in [1.807, 2.05) is 42.5 Å². The number of carbonyl (C=O) groups is 2. The van der Waals surface area contributed by atoms with E-state index in [1.165, 1.54) is 6.20 Å². The van der Waals surface area contributed by atoms with E-state index in [-0.39, 0.29) is 11.4 Å². The van der Waals surface area contributed by atoms with Gasteiger partial charge in [0.2, 0.25) is 5.78 Å². The van der Waals surface area contributed by atoms with Gasteiger partial charge < -0.3 is 15.9 Å². The fourth-order valence-electron chi connectivity index (χ4n) is 2.31. The second-order valence-electron chi connectivity index (χ2n) is 5.30. The Labute approximate surface area is 147 Å². The molecule has 0 bridgehead atoms. The van der Waals surface area contributed by atoms with Crippen LogP contribution in [-0.4, -0.2) is 33.0 Å². The highest BCUT2D eigenvalue weighted by Crippen LogP contribution is 2.33. The molecule has 0 radical (unpaired) electrons. The summed E-state index contributed by atoms with van der Waals surface area (Å²) in [4.78, 5) is 28.8. The zero-order chi connectivity index (χ0) is 18.0. The molecule has 126 valence electrons. The number of aromatic nitrogens is 1. The standard InChI is InChI=1S/C18H14N2O4S/c19-14(18(23)24)17(22)15-16(21)13-7-6-12(8-10(13)9-20-15)25-11-4-2-1-3-5-11/h1-9,14,21H,19H2,(H,23,24). The molecule has 0 spiro atoms. The Bertz CT molecular complexity index is 960. The van der Waals surface area contributed by atoms with Crippen LogP contribution in [0.3, 0.4) is 0 Å². The van der Waals surface area contributed by atoms with E-state index in [2.05, 4.69) is 4.98 Å². The summed E-state index contributed by atoms with van der Waals surface area (Å²) in [6, 6.07) is 13.4. The second-order valence-corrected chi connectivity index (χ2v) is 6.45. The van der Waals surface area contributed by atoms with Gasteiger partial charge in [0, 0.05) is 26.8 Å². The molecule has 2 aromatic carbocycles. The number of Topliss-reactive ketones (excluding diaryl/α,β-unsaturated/α-hetero) is 1. The predicted molar refractivity (Wildman–Crippen MR) is 93.9 cm³/mol. The molecule has 1 heterocycles. The summed E-state index contributed by atoms with van der Waals surface area (Å²) in [6.07, 6.45) is 1.42. The van der Waals surface area contributed by atoms with Crippen LogP contribution in [0.4, 0.5) is 0 Å². The molecule has 6 nitrogen and oxygen atoms in total. The number of hydrogen-bond acceptors (Lipinski definition) is 6. The SMILES string of the molecule is NC(C(=O)O)C(=O)c1ncc2cc(Sc3ccccc3)ccc2c1O. The topological polar surface area (TPSA) is 114 Å². The highest BCUT2D eigenvalue weighted by Gasteiger charge is 2.27. The zero-order valence-electron chi connectivity index (χ0n) is 12.9. The molecule has 0 amide bonds. The minimum absolute atomic E-state index is 0.342. The van der Waals surface area contributed by atoms with Crippen LogP contribution in [0.5, 0.6) is 5.75 Å². The molecule has 7 heteroatoms. The van der Waals surface area contributed by atoms with Gasteiger partial charge in [-0.25, -0.2) is 4.98 Å². The summed E-state index contributed by atoms with van der Waals surface area (Å²) in [5.74, 6) is -2.77. The van der Waals surface area contributed by atoms with Crippen LogP contribution in [-0.2, 0) is 4.79 Å². The van der Waals surface area contributed by atoms with Crippen LogP contribution in [0.1, 0.15) is 10.5 Å². The Morgan fingerprint density at radius 1 is 1.08 bits per heavy atom. The lowest BCUT2D eigenvalue weighted by molar-refractivity contribution is -0.137. The fraction of sp³-hybridized carbons (Fsp3) is 0.0556. The van der Waals surface area contributed by atoms with E-state index in [4.69, 9.17) is 10.8 Å². The largest absolute Gasteiger partial charge is 0.505 e. The van der Waals surface area contributed by atoms with E-state index >= 15 is 0 Å². The summed E-state index contributed by atoms with van der Waals surface area (Å²) < 4.78 is 0. The number of aliphatic carboxylic acids is 1.